The molecule has 1 aromatic heterocycles. The predicted octanol–water partition coefficient (Wildman–Crippen LogP) is 4.84. The zero-order chi connectivity index (χ0) is 20.4. The van der Waals surface area contributed by atoms with Crippen LogP contribution in [0.2, 0.25) is 0 Å². The van der Waals surface area contributed by atoms with Crippen LogP contribution in [0.1, 0.15) is 42.6 Å². The molecule has 2 unspecified atom stereocenters. The van der Waals surface area contributed by atoms with Crippen molar-refractivity contribution < 1.29 is 22.7 Å². The molecule has 0 N–H and O–H groups in total. The van der Waals surface area contributed by atoms with Crippen molar-refractivity contribution in [3.05, 3.63) is 65.8 Å². The third kappa shape index (κ3) is 4.26. The molecular formula is C21H20F3N3O2. The maximum absolute atomic E-state index is 12.7. The molecule has 1 saturated heterocycles. The number of amides is 1. The van der Waals surface area contributed by atoms with Gasteiger partial charge < -0.3 is 4.74 Å². The molecule has 29 heavy (non-hydrogen) atoms. The van der Waals surface area contributed by atoms with Gasteiger partial charge in [0, 0.05) is 24.0 Å². The minimum Gasteiger partial charge on any atom is -0.445 e. The standard InChI is InChI=1S/C21H20F3N3O2/c22-21(23,24)19-25-11-16(12-26-19)15-9-17-7-4-8-18(10-15)27(17)20(28)29-13-14-5-2-1-3-6-14/h1-3,5-6,9,11-12,17-18H,4,7-8,10,13H2. The van der Waals surface area contributed by atoms with Crippen molar-refractivity contribution in [2.24, 2.45) is 0 Å². The topological polar surface area (TPSA) is 55.3 Å². The van der Waals surface area contributed by atoms with E-state index in [2.05, 4.69) is 9.97 Å². The molecule has 3 heterocycles. The van der Waals surface area contributed by atoms with Crippen LogP contribution in [0, 0.1) is 0 Å². The number of ether oxygens (including phenoxy) is 1. The van der Waals surface area contributed by atoms with E-state index < -0.39 is 12.0 Å². The number of nitrogens with zero attached hydrogens (tertiary/aromatic N) is 3. The number of aromatic nitrogens is 2. The van der Waals surface area contributed by atoms with Crippen LogP contribution < -0.4 is 0 Å². The van der Waals surface area contributed by atoms with Crippen molar-refractivity contribution in [3.63, 3.8) is 0 Å². The van der Waals surface area contributed by atoms with Gasteiger partial charge in [-0.25, -0.2) is 14.8 Å². The molecule has 0 saturated carbocycles. The minimum atomic E-state index is -4.56. The Balaban J connectivity index is 1.49. The summed E-state index contributed by atoms with van der Waals surface area (Å²) < 4.78 is 43.6. The van der Waals surface area contributed by atoms with Gasteiger partial charge in [0.1, 0.15) is 6.61 Å². The highest BCUT2D eigenvalue weighted by Crippen LogP contribution is 2.37. The Morgan fingerprint density at radius 2 is 1.86 bits per heavy atom. The first-order valence-electron chi connectivity index (χ1n) is 9.51. The van der Waals surface area contributed by atoms with Gasteiger partial charge in [-0.1, -0.05) is 36.4 Å². The minimum absolute atomic E-state index is 0.0423. The number of fused-ring (bicyclic) bond motifs is 2. The number of hydrogen-bond donors (Lipinski definition) is 0. The Hall–Kier alpha value is -2.90. The summed E-state index contributed by atoms with van der Waals surface area (Å²) in [5.41, 5.74) is 2.36. The lowest BCUT2D eigenvalue weighted by Gasteiger charge is -2.44. The smallest absolute Gasteiger partial charge is 0.445 e. The van der Waals surface area contributed by atoms with E-state index in [-0.39, 0.29) is 24.8 Å². The summed E-state index contributed by atoms with van der Waals surface area (Å²) in [6, 6.07) is 9.29. The van der Waals surface area contributed by atoms with Gasteiger partial charge in [-0.15, -0.1) is 0 Å². The first kappa shape index (κ1) is 19.4. The number of halogens is 3. The SMILES string of the molecule is O=C(OCc1ccccc1)N1C2C=C(c3cnc(C(F)(F)F)nc3)CC1CCC2. The highest BCUT2D eigenvalue weighted by atomic mass is 19.4. The zero-order valence-corrected chi connectivity index (χ0v) is 15.6. The Morgan fingerprint density at radius 1 is 1.14 bits per heavy atom. The molecule has 4 rings (SSSR count). The molecule has 0 spiro atoms. The average Bonchev–Trinajstić information content (AvgIpc) is 2.71. The fourth-order valence-corrected chi connectivity index (χ4v) is 3.96. The fraction of sp³-hybridized carbons (Fsp3) is 0.381. The third-order valence-electron chi connectivity index (χ3n) is 5.33. The molecule has 2 aromatic rings. The van der Waals surface area contributed by atoms with Crippen LogP contribution >= 0.6 is 0 Å². The first-order valence-corrected chi connectivity index (χ1v) is 9.51. The predicted molar refractivity (Wildman–Crippen MR) is 99.5 cm³/mol. The van der Waals surface area contributed by atoms with E-state index in [9.17, 15) is 18.0 Å². The molecule has 152 valence electrons. The lowest BCUT2D eigenvalue weighted by Crippen LogP contribution is -2.51. The summed E-state index contributed by atoms with van der Waals surface area (Å²) in [5.74, 6) is -1.15. The average molecular weight is 403 g/mol. The summed E-state index contributed by atoms with van der Waals surface area (Å²) in [6.07, 6.45) is 2.60. The van der Waals surface area contributed by atoms with Crippen molar-refractivity contribution in [2.75, 3.05) is 0 Å². The van der Waals surface area contributed by atoms with Crippen LogP contribution in [0.5, 0.6) is 0 Å². The summed E-state index contributed by atoms with van der Waals surface area (Å²) >= 11 is 0. The van der Waals surface area contributed by atoms with Crippen LogP contribution in [0.25, 0.3) is 5.57 Å². The monoisotopic (exact) mass is 403 g/mol. The van der Waals surface area contributed by atoms with Crippen LogP contribution in [0.3, 0.4) is 0 Å². The molecule has 0 radical (unpaired) electrons. The molecule has 2 aliphatic heterocycles. The van der Waals surface area contributed by atoms with Gasteiger partial charge in [0.15, 0.2) is 0 Å². The highest BCUT2D eigenvalue weighted by Gasteiger charge is 2.39. The summed E-state index contributed by atoms with van der Waals surface area (Å²) in [7, 11) is 0. The molecule has 2 atom stereocenters. The number of benzene rings is 1. The maximum atomic E-state index is 12.7. The number of rotatable bonds is 3. The number of hydrogen-bond acceptors (Lipinski definition) is 4. The van der Waals surface area contributed by atoms with Gasteiger partial charge in [-0.3, -0.25) is 4.90 Å². The Labute approximate surface area is 166 Å². The Kier molecular flexibility index (Phi) is 5.25. The molecule has 2 bridgehead atoms. The molecule has 0 aliphatic carbocycles. The Bertz CT molecular complexity index is 898. The van der Waals surface area contributed by atoms with E-state index in [1.807, 2.05) is 36.4 Å². The lowest BCUT2D eigenvalue weighted by atomic mass is 9.83. The van der Waals surface area contributed by atoms with Crippen molar-refractivity contribution in [2.45, 2.75) is 50.6 Å². The van der Waals surface area contributed by atoms with E-state index in [1.54, 1.807) is 4.90 Å². The van der Waals surface area contributed by atoms with Crippen molar-refractivity contribution in [1.82, 2.24) is 14.9 Å². The second-order valence-electron chi connectivity index (χ2n) is 7.29. The number of alkyl halides is 3. The molecule has 8 heteroatoms. The molecule has 1 amide bonds. The second kappa shape index (κ2) is 7.85. The van der Waals surface area contributed by atoms with Gasteiger partial charge in [-0.05, 0) is 36.8 Å². The quantitative estimate of drug-likeness (QED) is 0.736. The van der Waals surface area contributed by atoms with E-state index in [0.29, 0.717) is 12.0 Å². The largest absolute Gasteiger partial charge is 0.451 e. The van der Waals surface area contributed by atoms with Gasteiger partial charge >= 0.3 is 12.3 Å². The van der Waals surface area contributed by atoms with Crippen LogP contribution in [0.4, 0.5) is 18.0 Å². The summed E-state index contributed by atoms with van der Waals surface area (Å²) in [5, 5.41) is 0. The number of carbonyl (C=O) groups excluding carboxylic acids is 1. The van der Waals surface area contributed by atoms with Crippen LogP contribution in [-0.2, 0) is 17.5 Å². The summed E-state index contributed by atoms with van der Waals surface area (Å²) in [6.45, 7) is 0.207. The maximum Gasteiger partial charge on any atom is 0.451 e. The Morgan fingerprint density at radius 3 is 2.52 bits per heavy atom. The molecule has 2 aliphatic rings. The second-order valence-corrected chi connectivity index (χ2v) is 7.29. The van der Waals surface area contributed by atoms with E-state index >= 15 is 0 Å². The highest BCUT2D eigenvalue weighted by molar-refractivity contribution is 5.74. The first-order chi connectivity index (χ1) is 13.9. The zero-order valence-electron chi connectivity index (χ0n) is 15.6. The molecule has 1 fully saturated rings. The summed E-state index contributed by atoms with van der Waals surface area (Å²) in [4.78, 5) is 21.4. The molecule has 5 nitrogen and oxygen atoms in total. The van der Waals surface area contributed by atoms with Gasteiger partial charge in [0.05, 0.1) is 6.04 Å². The van der Waals surface area contributed by atoms with Crippen molar-refractivity contribution in [3.8, 4) is 0 Å². The normalized spacial score (nSPS) is 21.5. The van der Waals surface area contributed by atoms with E-state index in [1.165, 1.54) is 12.4 Å². The van der Waals surface area contributed by atoms with Gasteiger partial charge in [-0.2, -0.15) is 13.2 Å². The molecule has 1 aromatic carbocycles. The fourth-order valence-electron chi connectivity index (χ4n) is 3.96. The van der Waals surface area contributed by atoms with Crippen molar-refractivity contribution >= 4 is 11.7 Å². The third-order valence-corrected chi connectivity index (χ3v) is 5.33. The van der Waals surface area contributed by atoms with Gasteiger partial charge in [0.25, 0.3) is 0 Å². The van der Waals surface area contributed by atoms with Crippen LogP contribution in [-0.4, -0.2) is 33.0 Å². The van der Waals surface area contributed by atoms with Crippen molar-refractivity contribution in [1.29, 1.82) is 0 Å². The number of carbonyl (C=O) groups is 1. The molecular weight excluding hydrogens is 383 g/mol. The van der Waals surface area contributed by atoms with E-state index in [4.69, 9.17) is 4.74 Å². The van der Waals surface area contributed by atoms with E-state index in [0.717, 1.165) is 30.4 Å². The van der Waals surface area contributed by atoms with Crippen LogP contribution in [0.15, 0.2) is 48.8 Å². The van der Waals surface area contributed by atoms with Gasteiger partial charge in [0.2, 0.25) is 5.82 Å². The lowest BCUT2D eigenvalue weighted by molar-refractivity contribution is -0.145. The number of piperidine rings is 1.